The number of hydrogen-bond acceptors (Lipinski definition) is 6. The largest absolute Gasteiger partial charge is 0.494 e. The molecule has 0 radical (unpaired) electrons. The monoisotopic (exact) mass is 425 g/mol. The van der Waals surface area contributed by atoms with Crippen LogP contribution in [0.15, 0.2) is 30.6 Å². The van der Waals surface area contributed by atoms with E-state index in [0.717, 1.165) is 53.8 Å². The minimum Gasteiger partial charge on any atom is -0.494 e. The molecular formula is C22H27N5O4. The summed E-state index contributed by atoms with van der Waals surface area (Å²) < 4.78 is 21.1. The van der Waals surface area contributed by atoms with E-state index in [-0.39, 0.29) is 12.3 Å². The molecule has 9 nitrogen and oxygen atoms in total. The van der Waals surface area contributed by atoms with Crippen molar-refractivity contribution in [3.63, 3.8) is 0 Å². The Labute approximate surface area is 180 Å². The molecule has 3 aromatic rings. The van der Waals surface area contributed by atoms with Crippen molar-refractivity contribution in [2.24, 2.45) is 0 Å². The molecule has 2 unspecified atom stereocenters. The van der Waals surface area contributed by atoms with Crippen molar-refractivity contribution in [3.05, 3.63) is 30.6 Å². The van der Waals surface area contributed by atoms with E-state index in [0.29, 0.717) is 26.1 Å². The fraction of sp³-hybridized carbons (Fsp3) is 0.500. The van der Waals surface area contributed by atoms with E-state index in [1.165, 1.54) is 0 Å². The van der Waals surface area contributed by atoms with Crippen LogP contribution in [0.25, 0.3) is 22.2 Å². The van der Waals surface area contributed by atoms with Crippen LogP contribution in [0.2, 0.25) is 0 Å². The predicted molar refractivity (Wildman–Crippen MR) is 114 cm³/mol. The SMILES string of the molecule is CC1Cn2cc(cn2)-c2nn(C3CCCCO3)c3ccc(cc23)OCCCNC(=O)O1. The highest BCUT2D eigenvalue weighted by Crippen LogP contribution is 2.34. The van der Waals surface area contributed by atoms with Gasteiger partial charge in [0, 0.05) is 30.3 Å². The predicted octanol–water partition coefficient (Wildman–Crippen LogP) is 3.50. The zero-order valence-corrected chi connectivity index (χ0v) is 17.6. The summed E-state index contributed by atoms with van der Waals surface area (Å²) in [7, 11) is 0. The summed E-state index contributed by atoms with van der Waals surface area (Å²) in [4.78, 5) is 11.9. The van der Waals surface area contributed by atoms with Gasteiger partial charge in [-0.05, 0) is 50.8 Å². The first-order valence-electron chi connectivity index (χ1n) is 10.9. The van der Waals surface area contributed by atoms with Crippen LogP contribution >= 0.6 is 0 Å². The average Bonchev–Trinajstić information content (AvgIpc) is 3.37. The number of rotatable bonds is 1. The third kappa shape index (κ3) is 4.23. The van der Waals surface area contributed by atoms with Gasteiger partial charge in [0.05, 0.1) is 24.9 Å². The van der Waals surface area contributed by atoms with Gasteiger partial charge in [0.25, 0.3) is 0 Å². The Morgan fingerprint density at radius 1 is 1.19 bits per heavy atom. The summed E-state index contributed by atoms with van der Waals surface area (Å²) in [6, 6.07) is 6.04. The Bertz CT molecular complexity index is 1070. The number of amides is 1. The number of alkyl carbamates (subject to hydrolysis) is 1. The number of carbonyl (C=O) groups excluding carboxylic acids is 1. The second-order valence-corrected chi connectivity index (χ2v) is 8.09. The summed E-state index contributed by atoms with van der Waals surface area (Å²) in [5.41, 5.74) is 2.77. The van der Waals surface area contributed by atoms with Crippen LogP contribution in [0.1, 0.15) is 38.8 Å². The first kappa shape index (κ1) is 19.9. The highest BCUT2D eigenvalue weighted by atomic mass is 16.6. The van der Waals surface area contributed by atoms with Crippen molar-refractivity contribution in [1.82, 2.24) is 24.9 Å². The van der Waals surface area contributed by atoms with Gasteiger partial charge in [0.15, 0.2) is 6.23 Å². The third-order valence-electron chi connectivity index (χ3n) is 5.62. The topological polar surface area (TPSA) is 92.4 Å². The van der Waals surface area contributed by atoms with Crippen LogP contribution in [-0.2, 0) is 16.0 Å². The molecule has 2 atom stereocenters. The van der Waals surface area contributed by atoms with Gasteiger partial charge in [-0.2, -0.15) is 10.2 Å². The van der Waals surface area contributed by atoms with Gasteiger partial charge in [-0.1, -0.05) is 0 Å². The molecule has 1 N–H and O–H groups in total. The zero-order chi connectivity index (χ0) is 21.2. The molecule has 2 aliphatic rings. The lowest BCUT2D eigenvalue weighted by molar-refractivity contribution is -0.0365. The average molecular weight is 425 g/mol. The minimum atomic E-state index is -0.429. The van der Waals surface area contributed by atoms with Gasteiger partial charge in [0.2, 0.25) is 0 Å². The summed E-state index contributed by atoms with van der Waals surface area (Å²) in [6.45, 7) is 4.05. The molecule has 2 aromatic heterocycles. The van der Waals surface area contributed by atoms with Crippen molar-refractivity contribution < 1.29 is 19.0 Å². The van der Waals surface area contributed by atoms with Crippen molar-refractivity contribution in [3.8, 4) is 17.0 Å². The maximum Gasteiger partial charge on any atom is 0.407 e. The van der Waals surface area contributed by atoms with Crippen LogP contribution in [0.5, 0.6) is 5.75 Å². The molecule has 5 rings (SSSR count). The normalized spacial score (nSPS) is 22.7. The van der Waals surface area contributed by atoms with E-state index in [2.05, 4.69) is 10.4 Å². The molecule has 0 saturated carbocycles. The lowest BCUT2D eigenvalue weighted by Crippen LogP contribution is -2.31. The van der Waals surface area contributed by atoms with Gasteiger partial charge in [-0.15, -0.1) is 0 Å². The van der Waals surface area contributed by atoms with Crippen molar-refractivity contribution in [2.75, 3.05) is 19.8 Å². The third-order valence-corrected chi connectivity index (χ3v) is 5.62. The molecule has 0 aliphatic carbocycles. The molecule has 9 heteroatoms. The molecule has 31 heavy (non-hydrogen) atoms. The van der Waals surface area contributed by atoms with Gasteiger partial charge in [-0.25, -0.2) is 9.48 Å². The van der Waals surface area contributed by atoms with Crippen LogP contribution in [0, 0.1) is 0 Å². The lowest BCUT2D eigenvalue weighted by atomic mass is 10.1. The zero-order valence-electron chi connectivity index (χ0n) is 17.6. The first-order chi connectivity index (χ1) is 15.2. The van der Waals surface area contributed by atoms with Gasteiger partial charge in [0.1, 0.15) is 17.5 Å². The molecule has 4 bridgehead atoms. The smallest absolute Gasteiger partial charge is 0.407 e. The molecule has 4 heterocycles. The van der Waals surface area contributed by atoms with Crippen molar-refractivity contribution in [1.29, 1.82) is 0 Å². The first-order valence-corrected chi connectivity index (χ1v) is 10.9. The standard InChI is InChI=1S/C22H27N5O4/c1-15-13-26-14-16(12-24-26)21-18-11-17(29-10-4-8-23-22(28)31-15)6-7-19(18)27(25-21)20-5-2-3-9-30-20/h6-7,11-12,14-15,20H,2-5,8-10,13H2,1H3,(H,23,28). The number of nitrogens with one attached hydrogen (secondary N) is 1. The number of cyclic esters (lactones) is 1. The summed E-state index contributed by atoms with van der Waals surface area (Å²) in [5, 5.41) is 13.2. The van der Waals surface area contributed by atoms with E-state index in [1.807, 2.05) is 36.0 Å². The molecule has 2 aliphatic heterocycles. The molecule has 0 spiro atoms. The number of benzene rings is 1. The van der Waals surface area contributed by atoms with Gasteiger partial charge < -0.3 is 19.5 Å². The minimum absolute atomic E-state index is 0.0635. The molecule has 1 amide bonds. The van der Waals surface area contributed by atoms with E-state index < -0.39 is 6.09 Å². The van der Waals surface area contributed by atoms with Crippen LogP contribution < -0.4 is 10.1 Å². The quantitative estimate of drug-likeness (QED) is 0.642. The molecule has 1 fully saturated rings. The van der Waals surface area contributed by atoms with E-state index >= 15 is 0 Å². The van der Waals surface area contributed by atoms with Crippen LogP contribution in [0.3, 0.4) is 0 Å². The Hall–Kier alpha value is -3.07. The van der Waals surface area contributed by atoms with Crippen molar-refractivity contribution >= 4 is 17.0 Å². The molecule has 164 valence electrons. The highest BCUT2D eigenvalue weighted by molar-refractivity contribution is 5.94. The van der Waals surface area contributed by atoms with Gasteiger partial charge in [-0.3, -0.25) is 4.68 Å². The fourth-order valence-corrected chi connectivity index (χ4v) is 4.12. The molecular weight excluding hydrogens is 398 g/mol. The number of aromatic nitrogens is 4. The number of nitrogens with zero attached hydrogens (tertiary/aromatic N) is 4. The highest BCUT2D eigenvalue weighted by Gasteiger charge is 2.23. The Kier molecular flexibility index (Phi) is 5.50. The number of ether oxygens (including phenoxy) is 3. The number of hydrogen-bond donors (Lipinski definition) is 1. The Morgan fingerprint density at radius 2 is 2.13 bits per heavy atom. The fourth-order valence-electron chi connectivity index (χ4n) is 4.12. The van der Waals surface area contributed by atoms with Crippen LogP contribution in [-0.4, -0.2) is 51.5 Å². The van der Waals surface area contributed by atoms with E-state index in [9.17, 15) is 4.79 Å². The molecule has 1 aromatic carbocycles. The maximum absolute atomic E-state index is 11.9. The summed E-state index contributed by atoms with van der Waals surface area (Å²) in [5.74, 6) is 0.772. The summed E-state index contributed by atoms with van der Waals surface area (Å²) in [6.07, 6.45) is 6.78. The van der Waals surface area contributed by atoms with E-state index in [1.54, 1.807) is 10.9 Å². The van der Waals surface area contributed by atoms with Crippen LogP contribution in [0.4, 0.5) is 4.79 Å². The Morgan fingerprint density at radius 3 is 3.00 bits per heavy atom. The van der Waals surface area contributed by atoms with E-state index in [4.69, 9.17) is 19.3 Å². The summed E-state index contributed by atoms with van der Waals surface area (Å²) >= 11 is 0. The second-order valence-electron chi connectivity index (χ2n) is 8.09. The number of carbonyl (C=O) groups is 1. The van der Waals surface area contributed by atoms with Crippen molar-refractivity contribution in [2.45, 2.75) is 51.5 Å². The molecule has 1 saturated heterocycles. The van der Waals surface area contributed by atoms with Gasteiger partial charge >= 0.3 is 6.09 Å². The second kappa shape index (κ2) is 8.58. The lowest BCUT2D eigenvalue weighted by Gasteiger charge is -2.23. The Balaban J connectivity index is 1.56. The number of fused-ring (bicyclic) bond motifs is 4. The maximum atomic E-state index is 11.9.